The largest absolute Gasteiger partial charge is 0.381 e. The number of benzene rings is 2. The lowest BCUT2D eigenvalue weighted by molar-refractivity contribution is -0.143. The summed E-state index contributed by atoms with van der Waals surface area (Å²) in [4.78, 5) is 29.6. The molecule has 6 heteroatoms. The first-order valence-electron chi connectivity index (χ1n) is 11.4. The molecule has 5 rings (SSSR count). The summed E-state index contributed by atoms with van der Waals surface area (Å²) in [6.45, 7) is 4.23. The van der Waals surface area contributed by atoms with E-state index in [9.17, 15) is 9.59 Å². The van der Waals surface area contributed by atoms with Gasteiger partial charge in [0.15, 0.2) is 0 Å². The number of rotatable bonds is 3. The minimum atomic E-state index is -0.361. The van der Waals surface area contributed by atoms with Crippen LogP contribution in [0.25, 0.3) is 10.8 Å². The number of carbonyl (C=O) groups excluding carboxylic acids is 2. The minimum absolute atomic E-state index is 0.00791. The SMILES string of the molecule is O=C1CCOC2(CCN(C(=O)C3CCOC3)CC2)CN1Cc1cccc2ccccc12. The average molecular weight is 423 g/mol. The molecule has 2 aromatic rings. The second-order valence-electron chi connectivity index (χ2n) is 9.06. The Morgan fingerprint density at radius 2 is 1.87 bits per heavy atom. The number of fused-ring (bicyclic) bond motifs is 1. The van der Waals surface area contributed by atoms with Gasteiger partial charge in [0.1, 0.15) is 0 Å². The molecule has 2 aromatic carbocycles. The normalized spacial score (nSPS) is 24.0. The maximum Gasteiger partial charge on any atom is 0.228 e. The highest BCUT2D eigenvalue weighted by Gasteiger charge is 2.42. The molecule has 3 fully saturated rings. The highest BCUT2D eigenvalue weighted by atomic mass is 16.5. The Hall–Kier alpha value is -2.44. The van der Waals surface area contributed by atoms with Crippen molar-refractivity contribution in [3.63, 3.8) is 0 Å². The van der Waals surface area contributed by atoms with Crippen LogP contribution in [0.1, 0.15) is 31.2 Å². The van der Waals surface area contributed by atoms with E-state index in [-0.39, 0.29) is 23.3 Å². The van der Waals surface area contributed by atoms with E-state index in [0.717, 1.165) is 24.8 Å². The molecular formula is C25H30N2O4. The third-order valence-electron chi connectivity index (χ3n) is 7.06. The Balaban J connectivity index is 1.30. The van der Waals surface area contributed by atoms with Crippen LogP contribution in [0.4, 0.5) is 0 Å². The fourth-order valence-electron chi connectivity index (χ4n) is 5.20. The van der Waals surface area contributed by atoms with Gasteiger partial charge in [-0.2, -0.15) is 0 Å². The Bertz CT molecular complexity index is 956. The van der Waals surface area contributed by atoms with Gasteiger partial charge < -0.3 is 19.3 Å². The standard InChI is InChI=1S/C25H30N2O4/c28-23-9-15-31-25(10-12-26(13-11-25)24(29)21-8-14-30-17-21)18-27(23)16-20-6-3-5-19-4-1-2-7-22(19)20/h1-7,21H,8-18H2. The first-order valence-corrected chi connectivity index (χ1v) is 11.4. The summed E-state index contributed by atoms with van der Waals surface area (Å²) < 4.78 is 11.7. The summed E-state index contributed by atoms with van der Waals surface area (Å²) in [6.07, 6.45) is 2.77. The Labute approximate surface area is 183 Å². The molecule has 0 radical (unpaired) electrons. The minimum Gasteiger partial charge on any atom is -0.381 e. The lowest BCUT2D eigenvalue weighted by Crippen LogP contribution is -2.53. The van der Waals surface area contributed by atoms with Crippen LogP contribution >= 0.6 is 0 Å². The number of amides is 2. The van der Waals surface area contributed by atoms with Gasteiger partial charge in [-0.05, 0) is 35.6 Å². The first-order chi connectivity index (χ1) is 15.1. The lowest BCUT2D eigenvalue weighted by Gasteiger charge is -2.43. The zero-order chi connectivity index (χ0) is 21.3. The van der Waals surface area contributed by atoms with Crippen LogP contribution in [0.5, 0.6) is 0 Å². The van der Waals surface area contributed by atoms with Gasteiger partial charge in [-0.1, -0.05) is 42.5 Å². The smallest absolute Gasteiger partial charge is 0.228 e. The Kier molecular flexibility index (Phi) is 5.67. The van der Waals surface area contributed by atoms with Crippen LogP contribution < -0.4 is 0 Å². The van der Waals surface area contributed by atoms with Crippen molar-refractivity contribution in [3.8, 4) is 0 Å². The number of nitrogens with zero attached hydrogens (tertiary/aromatic N) is 2. The van der Waals surface area contributed by atoms with Crippen LogP contribution in [0, 0.1) is 5.92 Å². The summed E-state index contributed by atoms with van der Waals surface area (Å²) in [7, 11) is 0. The fourth-order valence-corrected chi connectivity index (χ4v) is 5.20. The molecule has 1 spiro atoms. The number of hydrogen-bond acceptors (Lipinski definition) is 4. The van der Waals surface area contributed by atoms with Gasteiger partial charge in [0.05, 0.1) is 37.7 Å². The van der Waals surface area contributed by atoms with Crippen molar-refractivity contribution in [1.29, 1.82) is 0 Å². The topological polar surface area (TPSA) is 59.1 Å². The monoisotopic (exact) mass is 422 g/mol. The third-order valence-corrected chi connectivity index (χ3v) is 7.06. The van der Waals surface area contributed by atoms with Crippen LogP contribution in [0.15, 0.2) is 42.5 Å². The van der Waals surface area contributed by atoms with E-state index in [4.69, 9.17) is 9.47 Å². The molecular weight excluding hydrogens is 392 g/mol. The lowest BCUT2D eigenvalue weighted by atomic mass is 9.89. The number of piperidine rings is 1. The van der Waals surface area contributed by atoms with E-state index in [1.54, 1.807) is 0 Å². The molecule has 0 aromatic heterocycles. The molecule has 3 aliphatic heterocycles. The van der Waals surface area contributed by atoms with Crippen LogP contribution in [0.2, 0.25) is 0 Å². The van der Waals surface area contributed by atoms with E-state index in [2.05, 4.69) is 30.3 Å². The summed E-state index contributed by atoms with van der Waals surface area (Å²) in [5.74, 6) is 0.365. The summed E-state index contributed by atoms with van der Waals surface area (Å²) in [5.41, 5.74) is 0.803. The average Bonchev–Trinajstić information content (AvgIpc) is 3.29. The Morgan fingerprint density at radius 1 is 1.06 bits per heavy atom. The summed E-state index contributed by atoms with van der Waals surface area (Å²) in [6, 6.07) is 14.6. The van der Waals surface area contributed by atoms with E-state index in [1.807, 2.05) is 21.9 Å². The number of hydrogen-bond donors (Lipinski definition) is 0. The molecule has 1 atom stereocenters. The van der Waals surface area contributed by atoms with Gasteiger partial charge in [0.2, 0.25) is 11.8 Å². The Morgan fingerprint density at radius 3 is 2.68 bits per heavy atom. The van der Waals surface area contributed by atoms with Gasteiger partial charge in [-0.15, -0.1) is 0 Å². The van der Waals surface area contributed by atoms with E-state index in [1.165, 1.54) is 10.8 Å². The van der Waals surface area contributed by atoms with Gasteiger partial charge in [0.25, 0.3) is 0 Å². The van der Waals surface area contributed by atoms with Crippen molar-refractivity contribution < 1.29 is 19.1 Å². The zero-order valence-corrected chi connectivity index (χ0v) is 17.9. The molecule has 3 heterocycles. The fraction of sp³-hybridized carbons (Fsp3) is 0.520. The number of carbonyl (C=O) groups is 2. The summed E-state index contributed by atoms with van der Waals surface area (Å²) in [5, 5.41) is 2.38. The summed E-state index contributed by atoms with van der Waals surface area (Å²) >= 11 is 0. The highest BCUT2D eigenvalue weighted by molar-refractivity contribution is 5.86. The molecule has 0 bridgehead atoms. The van der Waals surface area contributed by atoms with Crippen molar-refractivity contribution in [2.24, 2.45) is 5.92 Å². The number of likely N-dealkylation sites (tertiary alicyclic amines) is 1. The van der Waals surface area contributed by atoms with Crippen LogP contribution in [0.3, 0.4) is 0 Å². The molecule has 2 amide bonds. The molecule has 3 aliphatic rings. The maximum absolute atomic E-state index is 12.9. The van der Waals surface area contributed by atoms with Crippen molar-refractivity contribution in [2.45, 2.75) is 37.8 Å². The van der Waals surface area contributed by atoms with Gasteiger partial charge >= 0.3 is 0 Å². The predicted octanol–water partition coefficient (Wildman–Crippen LogP) is 2.99. The van der Waals surface area contributed by atoms with Gasteiger partial charge in [-0.3, -0.25) is 9.59 Å². The molecule has 0 saturated carbocycles. The first kappa shape index (κ1) is 20.5. The maximum atomic E-state index is 12.9. The van der Waals surface area contributed by atoms with Gasteiger partial charge in [0, 0.05) is 26.2 Å². The van der Waals surface area contributed by atoms with Crippen molar-refractivity contribution in [3.05, 3.63) is 48.0 Å². The van der Waals surface area contributed by atoms with Crippen molar-refractivity contribution in [2.75, 3.05) is 39.5 Å². The molecule has 31 heavy (non-hydrogen) atoms. The van der Waals surface area contributed by atoms with Crippen molar-refractivity contribution >= 4 is 22.6 Å². The molecule has 0 N–H and O–H groups in total. The van der Waals surface area contributed by atoms with Crippen molar-refractivity contribution in [1.82, 2.24) is 9.80 Å². The molecule has 0 aliphatic carbocycles. The second-order valence-corrected chi connectivity index (χ2v) is 9.06. The second kappa shape index (κ2) is 8.60. The van der Waals surface area contributed by atoms with E-state index >= 15 is 0 Å². The molecule has 1 unspecified atom stereocenters. The third kappa shape index (κ3) is 4.19. The molecule has 3 saturated heterocycles. The van der Waals surface area contributed by atoms with Gasteiger partial charge in [-0.25, -0.2) is 0 Å². The van der Waals surface area contributed by atoms with E-state index < -0.39 is 0 Å². The molecule has 164 valence electrons. The highest BCUT2D eigenvalue weighted by Crippen LogP contribution is 2.32. The predicted molar refractivity (Wildman–Crippen MR) is 117 cm³/mol. The van der Waals surface area contributed by atoms with Crippen LogP contribution in [-0.2, 0) is 25.6 Å². The molecule has 6 nitrogen and oxygen atoms in total. The quantitative estimate of drug-likeness (QED) is 0.763. The van der Waals surface area contributed by atoms with Crippen LogP contribution in [-0.4, -0.2) is 66.7 Å². The van der Waals surface area contributed by atoms with E-state index in [0.29, 0.717) is 52.4 Å². The number of ether oxygens (including phenoxy) is 2. The zero-order valence-electron chi connectivity index (χ0n) is 17.9.